The van der Waals surface area contributed by atoms with Gasteiger partial charge in [0.25, 0.3) is 5.56 Å². The fourth-order valence-electron chi connectivity index (χ4n) is 4.46. The summed E-state index contributed by atoms with van der Waals surface area (Å²) in [5, 5.41) is 13.7. The van der Waals surface area contributed by atoms with E-state index in [2.05, 4.69) is 70.4 Å². The number of aromatic nitrogens is 5. The lowest BCUT2D eigenvalue weighted by Gasteiger charge is -2.31. The lowest BCUT2D eigenvalue weighted by atomic mass is 10.0. The first-order valence-electron chi connectivity index (χ1n) is 10.6. The molecule has 158 valence electrons. The maximum Gasteiger partial charge on any atom is 0.254 e. The molecule has 0 spiro atoms. The lowest BCUT2D eigenvalue weighted by molar-refractivity contribution is 0.329. The van der Waals surface area contributed by atoms with Crippen LogP contribution in [-0.2, 0) is 12.0 Å². The van der Waals surface area contributed by atoms with Gasteiger partial charge in [-0.2, -0.15) is 0 Å². The molecule has 4 aromatic rings. The Morgan fingerprint density at radius 2 is 1.90 bits per heavy atom. The molecule has 0 saturated carbocycles. The number of benzene rings is 2. The minimum absolute atomic E-state index is 0.115. The molecule has 2 aromatic carbocycles. The zero-order valence-electron chi connectivity index (χ0n) is 18.3. The van der Waals surface area contributed by atoms with Gasteiger partial charge >= 0.3 is 0 Å². The van der Waals surface area contributed by atoms with Crippen LogP contribution in [0.1, 0.15) is 49.3 Å². The predicted octanol–water partition coefficient (Wildman–Crippen LogP) is 3.73. The molecule has 0 aliphatic carbocycles. The van der Waals surface area contributed by atoms with E-state index in [4.69, 9.17) is 0 Å². The lowest BCUT2D eigenvalue weighted by Crippen LogP contribution is -2.37. The molecule has 2 aromatic heterocycles. The minimum Gasteiger partial charge on any atom is -0.357 e. The van der Waals surface area contributed by atoms with Crippen molar-refractivity contribution >= 4 is 16.6 Å². The van der Waals surface area contributed by atoms with E-state index in [1.165, 1.54) is 5.56 Å². The van der Waals surface area contributed by atoms with E-state index in [0.717, 1.165) is 35.1 Å². The number of tetrazole rings is 1. The molecule has 0 saturated heterocycles. The molecular weight excluding hydrogens is 388 g/mol. The average molecular weight is 415 g/mol. The Labute approximate surface area is 180 Å². The zero-order chi connectivity index (χ0) is 21.8. The first kappa shape index (κ1) is 19.5. The Kier molecular flexibility index (Phi) is 4.43. The number of rotatable bonds is 3. The largest absolute Gasteiger partial charge is 0.357 e. The minimum atomic E-state index is -0.396. The van der Waals surface area contributed by atoms with E-state index in [0.29, 0.717) is 11.4 Å². The standard InChI is InChI=1S/C24H26N6O/c1-15-9-10-17-14-18(23(31)25-19(17)13-15)21(22-26-27-28-30(22)24(2,3)4)29-12-11-16-7-5-6-8-20(16)29/h5-10,13-14,21H,11-12H2,1-4H3,(H,25,31)/t21-/m1/s1. The van der Waals surface area contributed by atoms with Crippen molar-refractivity contribution in [2.75, 3.05) is 11.4 Å². The smallest absolute Gasteiger partial charge is 0.254 e. The van der Waals surface area contributed by atoms with E-state index in [1.807, 2.05) is 35.9 Å². The van der Waals surface area contributed by atoms with Crippen LogP contribution in [0, 0.1) is 6.92 Å². The van der Waals surface area contributed by atoms with Crippen molar-refractivity contribution in [2.24, 2.45) is 0 Å². The maximum atomic E-state index is 13.4. The number of nitrogens with one attached hydrogen (secondary N) is 1. The van der Waals surface area contributed by atoms with E-state index < -0.39 is 6.04 Å². The van der Waals surface area contributed by atoms with Gasteiger partial charge in [-0.3, -0.25) is 4.79 Å². The molecule has 1 N–H and O–H groups in total. The molecule has 1 atom stereocenters. The van der Waals surface area contributed by atoms with Gasteiger partial charge < -0.3 is 9.88 Å². The van der Waals surface area contributed by atoms with Crippen LogP contribution < -0.4 is 10.5 Å². The van der Waals surface area contributed by atoms with Gasteiger partial charge in [-0.1, -0.05) is 30.3 Å². The number of hydrogen-bond acceptors (Lipinski definition) is 5. The van der Waals surface area contributed by atoms with Gasteiger partial charge in [0.2, 0.25) is 0 Å². The number of aromatic amines is 1. The Morgan fingerprint density at radius 3 is 2.71 bits per heavy atom. The first-order chi connectivity index (χ1) is 14.8. The number of aryl methyl sites for hydroxylation is 1. The number of fused-ring (bicyclic) bond motifs is 2. The maximum absolute atomic E-state index is 13.4. The van der Waals surface area contributed by atoms with Crippen LogP contribution >= 0.6 is 0 Å². The van der Waals surface area contributed by atoms with Crippen molar-refractivity contribution < 1.29 is 0 Å². The Morgan fingerprint density at radius 1 is 1.10 bits per heavy atom. The molecule has 7 nitrogen and oxygen atoms in total. The van der Waals surface area contributed by atoms with Crippen LogP contribution in [0.4, 0.5) is 5.69 Å². The molecule has 7 heteroatoms. The molecule has 1 aliphatic heterocycles. The quantitative estimate of drug-likeness (QED) is 0.553. The van der Waals surface area contributed by atoms with E-state index in [-0.39, 0.29) is 11.1 Å². The molecule has 0 fully saturated rings. The van der Waals surface area contributed by atoms with Crippen LogP contribution in [0.15, 0.2) is 53.3 Å². The van der Waals surface area contributed by atoms with Gasteiger partial charge in [-0.25, -0.2) is 4.68 Å². The summed E-state index contributed by atoms with van der Waals surface area (Å²) in [5.74, 6) is 0.668. The monoisotopic (exact) mass is 414 g/mol. The molecule has 1 aliphatic rings. The zero-order valence-corrected chi connectivity index (χ0v) is 18.3. The fraction of sp³-hybridized carbons (Fsp3) is 0.333. The first-order valence-corrected chi connectivity index (χ1v) is 10.6. The number of anilines is 1. The highest BCUT2D eigenvalue weighted by atomic mass is 16.1. The predicted molar refractivity (Wildman–Crippen MR) is 121 cm³/mol. The number of hydrogen-bond donors (Lipinski definition) is 1. The van der Waals surface area contributed by atoms with Gasteiger partial charge in [0, 0.05) is 23.3 Å². The summed E-state index contributed by atoms with van der Waals surface area (Å²) in [5.41, 5.74) is 4.55. The highest BCUT2D eigenvalue weighted by Gasteiger charge is 2.36. The molecule has 0 unspecified atom stereocenters. The highest BCUT2D eigenvalue weighted by molar-refractivity contribution is 5.80. The number of nitrogens with zero attached hydrogens (tertiary/aromatic N) is 5. The third-order valence-corrected chi connectivity index (χ3v) is 5.93. The number of pyridine rings is 1. The van der Waals surface area contributed by atoms with Crippen molar-refractivity contribution in [2.45, 2.75) is 45.7 Å². The van der Waals surface area contributed by atoms with Gasteiger partial charge in [0.05, 0.1) is 5.54 Å². The molecule has 3 heterocycles. The van der Waals surface area contributed by atoms with Gasteiger partial charge in [0.1, 0.15) is 6.04 Å². The van der Waals surface area contributed by atoms with E-state index in [9.17, 15) is 4.79 Å². The molecule has 0 bridgehead atoms. The summed E-state index contributed by atoms with van der Waals surface area (Å²) in [6, 6.07) is 16.0. The second-order valence-corrected chi connectivity index (χ2v) is 9.24. The van der Waals surface area contributed by atoms with Crippen molar-refractivity contribution in [3.05, 3.63) is 81.4 Å². The topological polar surface area (TPSA) is 79.7 Å². The fourth-order valence-corrected chi connectivity index (χ4v) is 4.46. The third kappa shape index (κ3) is 3.30. The molecule has 0 radical (unpaired) electrons. The van der Waals surface area contributed by atoms with Gasteiger partial charge in [-0.05, 0) is 79.3 Å². The Bertz CT molecular complexity index is 1330. The second kappa shape index (κ2) is 7.04. The van der Waals surface area contributed by atoms with Crippen LogP contribution in [-0.4, -0.2) is 31.7 Å². The Balaban J connectivity index is 1.76. The normalized spacial score (nSPS) is 14.8. The molecule has 31 heavy (non-hydrogen) atoms. The highest BCUT2D eigenvalue weighted by Crippen LogP contribution is 2.38. The second-order valence-electron chi connectivity index (χ2n) is 9.24. The summed E-state index contributed by atoms with van der Waals surface area (Å²) < 4.78 is 1.83. The van der Waals surface area contributed by atoms with Crippen LogP contribution in [0.25, 0.3) is 10.9 Å². The van der Waals surface area contributed by atoms with Crippen LogP contribution in [0.3, 0.4) is 0 Å². The van der Waals surface area contributed by atoms with Gasteiger partial charge in [0.15, 0.2) is 5.82 Å². The Hall–Kier alpha value is -3.48. The summed E-state index contributed by atoms with van der Waals surface area (Å²) in [7, 11) is 0. The third-order valence-electron chi connectivity index (χ3n) is 5.93. The summed E-state index contributed by atoms with van der Waals surface area (Å²) in [6.45, 7) is 9.01. The summed E-state index contributed by atoms with van der Waals surface area (Å²) >= 11 is 0. The summed E-state index contributed by atoms with van der Waals surface area (Å²) in [6.07, 6.45) is 0.925. The van der Waals surface area contributed by atoms with Crippen molar-refractivity contribution in [3.63, 3.8) is 0 Å². The van der Waals surface area contributed by atoms with Crippen molar-refractivity contribution in [3.8, 4) is 0 Å². The molecular formula is C24H26N6O. The molecule has 0 amide bonds. The number of H-pyrrole nitrogens is 1. The summed E-state index contributed by atoms with van der Waals surface area (Å²) in [4.78, 5) is 18.7. The van der Waals surface area contributed by atoms with Crippen LogP contribution in [0.5, 0.6) is 0 Å². The van der Waals surface area contributed by atoms with Gasteiger partial charge in [-0.15, -0.1) is 5.10 Å². The average Bonchev–Trinajstić information content (AvgIpc) is 3.37. The molecule has 5 rings (SSSR count). The van der Waals surface area contributed by atoms with E-state index >= 15 is 0 Å². The number of para-hydroxylation sites is 1. The van der Waals surface area contributed by atoms with Crippen molar-refractivity contribution in [1.82, 2.24) is 25.2 Å². The van der Waals surface area contributed by atoms with E-state index in [1.54, 1.807) is 0 Å². The van der Waals surface area contributed by atoms with Crippen LogP contribution in [0.2, 0.25) is 0 Å². The van der Waals surface area contributed by atoms with Crippen molar-refractivity contribution in [1.29, 1.82) is 0 Å². The SMILES string of the molecule is Cc1ccc2cc([C@H](c3nnnn3C(C)(C)C)N3CCc4ccccc43)c(=O)[nH]c2c1.